The fourth-order valence-electron chi connectivity index (χ4n) is 1.29. The average Bonchev–Trinajstić information content (AvgIpc) is 2.14. The highest BCUT2D eigenvalue weighted by Gasteiger charge is 2.06. The van der Waals surface area contributed by atoms with Crippen LogP contribution in [-0.4, -0.2) is 39.3 Å². The van der Waals surface area contributed by atoms with Gasteiger partial charge in [0.15, 0.2) is 0 Å². The SMILES string of the molecule is COc1cccc(CC[N+](C)(C)C)c1. The first-order chi connectivity index (χ1) is 6.51. The van der Waals surface area contributed by atoms with E-state index in [0.29, 0.717) is 0 Å². The predicted molar refractivity (Wildman–Crippen MR) is 59.6 cm³/mol. The summed E-state index contributed by atoms with van der Waals surface area (Å²) in [6, 6.07) is 8.28. The molecule has 0 aliphatic rings. The first-order valence-electron chi connectivity index (χ1n) is 4.95. The third kappa shape index (κ3) is 3.79. The van der Waals surface area contributed by atoms with Gasteiger partial charge in [-0.25, -0.2) is 0 Å². The molecule has 0 spiro atoms. The molecule has 0 radical (unpaired) electrons. The summed E-state index contributed by atoms with van der Waals surface area (Å²) in [4.78, 5) is 0. The summed E-state index contributed by atoms with van der Waals surface area (Å²) in [6.45, 7) is 1.15. The number of hydrogen-bond donors (Lipinski definition) is 0. The van der Waals surface area contributed by atoms with Gasteiger partial charge in [-0.3, -0.25) is 0 Å². The number of nitrogens with zero attached hydrogens (tertiary/aromatic N) is 1. The zero-order chi connectivity index (χ0) is 10.6. The van der Waals surface area contributed by atoms with Gasteiger partial charge in [0.2, 0.25) is 0 Å². The lowest BCUT2D eigenvalue weighted by molar-refractivity contribution is -0.870. The molecule has 0 aliphatic heterocycles. The highest BCUT2D eigenvalue weighted by atomic mass is 16.5. The van der Waals surface area contributed by atoms with Crippen LogP contribution in [0.2, 0.25) is 0 Å². The molecule has 2 nitrogen and oxygen atoms in total. The molecule has 0 unspecified atom stereocenters. The van der Waals surface area contributed by atoms with E-state index < -0.39 is 0 Å². The van der Waals surface area contributed by atoms with Gasteiger partial charge < -0.3 is 9.22 Å². The van der Waals surface area contributed by atoms with E-state index in [0.717, 1.165) is 23.2 Å². The molecule has 0 heterocycles. The maximum Gasteiger partial charge on any atom is 0.119 e. The Balaban J connectivity index is 2.59. The van der Waals surface area contributed by atoms with Crippen molar-refractivity contribution in [3.63, 3.8) is 0 Å². The Bertz CT molecular complexity index is 289. The van der Waals surface area contributed by atoms with E-state index in [1.165, 1.54) is 5.56 Å². The molecule has 0 atom stereocenters. The highest BCUT2D eigenvalue weighted by Crippen LogP contribution is 2.13. The summed E-state index contributed by atoms with van der Waals surface area (Å²) in [5.74, 6) is 0.948. The minimum atomic E-state index is 0.948. The summed E-state index contributed by atoms with van der Waals surface area (Å²) in [6.07, 6.45) is 1.10. The highest BCUT2D eigenvalue weighted by molar-refractivity contribution is 5.28. The van der Waals surface area contributed by atoms with Gasteiger partial charge >= 0.3 is 0 Å². The van der Waals surface area contributed by atoms with Crippen molar-refractivity contribution in [3.8, 4) is 5.75 Å². The summed E-state index contributed by atoms with van der Waals surface area (Å²) in [5.41, 5.74) is 1.34. The largest absolute Gasteiger partial charge is 0.497 e. The summed E-state index contributed by atoms with van der Waals surface area (Å²) < 4.78 is 6.18. The van der Waals surface area contributed by atoms with Crippen LogP contribution in [0.1, 0.15) is 5.56 Å². The summed E-state index contributed by atoms with van der Waals surface area (Å²) >= 11 is 0. The number of methoxy groups -OCH3 is 1. The van der Waals surface area contributed by atoms with Crippen LogP contribution in [0.15, 0.2) is 24.3 Å². The van der Waals surface area contributed by atoms with E-state index in [2.05, 4.69) is 33.3 Å². The lowest BCUT2D eigenvalue weighted by atomic mass is 10.1. The molecular weight excluding hydrogens is 174 g/mol. The Kier molecular flexibility index (Phi) is 3.53. The van der Waals surface area contributed by atoms with E-state index in [1.807, 2.05) is 12.1 Å². The lowest BCUT2D eigenvalue weighted by Gasteiger charge is -2.23. The first kappa shape index (κ1) is 11.1. The molecule has 1 aromatic carbocycles. The van der Waals surface area contributed by atoms with Crippen LogP contribution in [0.25, 0.3) is 0 Å². The minimum absolute atomic E-state index is 0.948. The van der Waals surface area contributed by atoms with Crippen LogP contribution in [0, 0.1) is 0 Å². The second-order valence-electron chi connectivity index (χ2n) is 4.62. The number of ether oxygens (including phenoxy) is 1. The molecule has 0 fully saturated rings. The van der Waals surface area contributed by atoms with Crippen LogP contribution in [0.3, 0.4) is 0 Å². The van der Waals surface area contributed by atoms with Crippen molar-refractivity contribution in [3.05, 3.63) is 29.8 Å². The monoisotopic (exact) mass is 194 g/mol. The normalized spacial score (nSPS) is 11.4. The van der Waals surface area contributed by atoms with Crippen molar-refractivity contribution < 1.29 is 9.22 Å². The molecule has 78 valence electrons. The Morgan fingerprint density at radius 3 is 2.50 bits per heavy atom. The Hall–Kier alpha value is -1.02. The summed E-state index contributed by atoms with van der Waals surface area (Å²) in [5, 5.41) is 0. The minimum Gasteiger partial charge on any atom is -0.497 e. The number of benzene rings is 1. The molecule has 14 heavy (non-hydrogen) atoms. The number of hydrogen-bond acceptors (Lipinski definition) is 1. The van der Waals surface area contributed by atoms with E-state index >= 15 is 0 Å². The topological polar surface area (TPSA) is 9.23 Å². The van der Waals surface area contributed by atoms with Gasteiger partial charge in [-0.2, -0.15) is 0 Å². The molecule has 1 aromatic rings. The van der Waals surface area contributed by atoms with Gasteiger partial charge in [0.25, 0.3) is 0 Å². The van der Waals surface area contributed by atoms with Gasteiger partial charge in [0.1, 0.15) is 5.75 Å². The summed E-state index contributed by atoms with van der Waals surface area (Å²) in [7, 11) is 8.33. The quantitative estimate of drug-likeness (QED) is 0.666. The van der Waals surface area contributed by atoms with E-state index in [4.69, 9.17) is 4.74 Å². The van der Waals surface area contributed by atoms with Crippen molar-refractivity contribution in [1.29, 1.82) is 0 Å². The van der Waals surface area contributed by atoms with Gasteiger partial charge in [-0.05, 0) is 17.7 Å². The van der Waals surface area contributed by atoms with E-state index in [9.17, 15) is 0 Å². The smallest absolute Gasteiger partial charge is 0.119 e. The molecule has 0 N–H and O–H groups in total. The Labute approximate surface area is 86.7 Å². The van der Waals surface area contributed by atoms with Crippen LogP contribution in [0.5, 0.6) is 5.75 Å². The van der Waals surface area contributed by atoms with Crippen LogP contribution in [-0.2, 0) is 6.42 Å². The van der Waals surface area contributed by atoms with Crippen molar-refractivity contribution in [2.24, 2.45) is 0 Å². The van der Waals surface area contributed by atoms with Gasteiger partial charge in [-0.15, -0.1) is 0 Å². The van der Waals surface area contributed by atoms with Crippen LogP contribution < -0.4 is 4.74 Å². The van der Waals surface area contributed by atoms with Gasteiger partial charge in [0, 0.05) is 6.42 Å². The van der Waals surface area contributed by atoms with Crippen LogP contribution >= 0.6 is 0 Å². The molecule has 0 saturated heterocycles. The third-order valence-electron chi connectivity index (χ3n) is 2.21. The standard InChI is InChI=1S/C12H20NO/c1-13(2,3)9-8-11-6-5-7-12(10-11)14-4/h5-7,10H,8-9H2,1-4H3/q+1. The second kappa shape index (κ2) is 4.47. The molecule has 0 aliphatic carbocycles. The molecule has 0 aromatic heterocycles. The van der Waals surface area contributed by atoms with Gasteiger partial charge in [-0.1, -0.05) is 12.1 Å². The van der Waals surface area contributed by atoms with Crippen LogP contribution in [0.4, 0.5) is 0 Å². The Morgan fingerprint density at radius 2 is 1.93 bits per heavy atom. The Morgan fingerprint density at radius 1 is 1.21 bits per heavy atom. The van der Waals surface area contributed by atoms with Crippen molar-refractivity contribution in [1.82, 2.24) is 0 Å². The van der Waals surface area contributed by atoms with Gasteiger partial charge in [0.05, 0.1) is 34.8 Å². The van der Waals surface area contributed by atoms with Crippen molar-refractivity contribution >= 4 is 0 Å². The zero-order valence-corrected chi connectivity index (χ0v) is 9.58. The molecule has 2 heteroatoms. The van der Waals surface area contributed by atoms with E-state index in [1.54, 1.807) is 7.11 Å². The molecular formula is C12H20NO+. The number of rotatable bonds is 4. The third-order valence-corrected chi connectivity index (χ3v) is 2.21. The number of quaternary nitrogens is 1. The molecule has 1 rings (SSSR count). The maximum atomic E-state index is 5.18. The zero-order valence-electron chi connectivity index (χ0n) is 9.58. The molecule has 0 saturated carbocycles. The first-order valence-corrected chi connectivity index (χ1v) is 4.95. The van der Waals surface area contributed by atoms with E-state index in [-0.39, 0.29) is 0 Å². The predicted octanol–water partition coefficient (Wildman–Crippen LogP) is 1.94. The fraction of sp³-hybridized carbons (Fsp3) is 0.500. The second-order valence-corrected chi connectivity index (χ2v) is 4.62. The maximum absolute atomic E-state index is 5.18. The number of likely N-dealkylation sites (N-methyl/N-ethyl adjacent to an activating group) is 1. The molecule has 0 bridgehead atoms. The average molecular weight is 194 g/mol. The fourth-order valence-corrected chi connectivity index (χ4v) is 1.29. The lowest BCUT2D eigenvalue weighted by Crippen LogP contribution is -2.36. The van der Waals surface area contributed by atoms with Crippen molar-refractivity contribution in [2.75, 3.05) is 34.8 Å². The molecule has 0 amide bonds. The van der Waals surface area contributed by atoms with Crippen molar-refractivity contribution in [2.45, 2.75) is 6.42 Å².